The highest BCUT2D eigenvalue weighted by Gasteiger charge is 2.59. The van der Waals surface area contributed by atoms with Crippen molar-refractivity contribution < 1.29 is 9.47 Å². The van der Waals surface area contributed by atoms with Crippen LogP contribution in [0.4, 0.5) is 0 Å². The predicted octanol–water partition coefficient (Wildman–Crippen LogP) is 2.52. The van der Waals surface area contributed by atoms with E-state index in [9.17, 15) is 0 Å². The summed E-state index contributed by atoms with van der Waals surface area (Å²) >= 11 is 0. The Hall–Kier alpha value is -0.860. The van der Waals surface area contributed by atoms with E-state index < -0.39 is 0 Å². The predicted molar refractivity (Wildman–Crippen MR) is 57.6 cm³/mol. The fourth-order valence-corrected chi connectivity index (χ4v) is 2.49. The van der Waals surface area contributed by atoms with E-state index in [0.29, 0.717) is 12.7 Å². The van der Waals surface area contributed by atoms with Gasteiger partial charge in [-0.2, -0.15) is 0 Å². The average Bonchev–Trinajstić information content (AvgIpc) is 2.82. The zero-order chi connectivity index (χ0) is 10.1. The van der Waals surface area contributed by atoms with Gasteiger partial charge in [0.15, 0.2) is 0 Å². The van der Waals surface area contributed by atoms with Gasteiger partial charge in [0.1, 0.15) is 5.60 Å². The van der Waals surface area contributed by atoms with Crippen LogP contribution in [-0.2, 0) is 16.1 Å². The van der Waals surface area contributed by atoms with E-state index >= 15 is 0 Å². The van der Waals surface area contributed by atoms with Crippen molar-refractivity contribution in [1.82, 2.24) is 0 Å². The van der Waals surface area contributed by atoms with Gasteiger partial charge in [-0.25, -0.2) is 0 Å². The Balaban J connectivity index is 1.48. The topological polar surface area (TPSA) is 21.8 Å². The van der Waals surface area contributed by atoms with Gasteiger partial charge in [-0.1, -0.05) is 30.3 Å². The lowest BCUT2D eigenvalue weighted by Crippen LogP contribution is -2.18. The van der Waals surface area contributed by atoms with Crippen molar-refractivity contribution in [3.63, 3.8) is 0 Å². The van der Waals surface area contributed by atoms with E-state index in [-0.39, 0.29) is 5.60 Å². The molecule has 1 aliphatic heterocycles. The van der Waals surface area contributed by atoms with E-state index in [1.165, 1.54) is 24.8 Å². The maximum Gasteiger partial charge on any atom is 0.118 e. The van der Waals surface area contributed by atoms with E-state index in [1.54, 1.807) is 0 Å². The lowest BCUT2D eigenvalue weighted by atomic mass is 10.1. The summed E-state index contributed by atoms with van der Waals surface area (Å²) in [5.41, 5.74) is 1.36. The molecule has 1 saturated carbocycles. The Morgan fingerprint density at radius 3 is 2.87 bits per heavy atom. The summed E-state index contributed by atoms with van der Waals surface area (Å²) in [6.45, 7) is 1.48. The minimum atomic E-state index is 0.120. The van der Waals surface area contributed by atoms with E-state index in [2.05, 4.69) is 12.1 Å². The fourth-order valence-electron chi connectivity index (χ4n) is 2.49. The molecule has 0 bridgehead atoms. The molecule has 2 nitrogen and oxygen atoms in total. The molecule has 1 aromatic rings. The summed E-state index contributed by atoms with van der Waals surface area (Å²) in [5, 5.41) is 0. The molecular weight excluding hydrogens is 188 g/mol. The molecule has 0 radical (unpaired) electrons. The van der Waals surface area contributed by atoms with Gasteiger partial charge < -0.3 is 9.47 Å². The molecule has 0 unspecified atom stereocenters. The number of rotatable bonds is 4. The minimum absolute atomic E-state index is 0.120. The van der Waals surface area contributed by atoms with Crippen LogP contribution < -0.4 is 0 Å². The molecule has 2 atom stereocenters. The lowest BCUT2D eigenvalue weighted by Gasteiger charge is -2.09. The molecular formula is C13H16O2. The van der Waals surface area contributed by atoms with Crippen LogP contribution in [0, 0.1) is 0 Å². The zero-order valence-electron chi connectivity index (χ0n) is 8.82. The maximum atomic E-state index is 5.72. The van der Waals surface area contributed by atoms with Gasteiger partial charge in [0.2, 0.25) is 0 Å². The number of benzene rings is 1. The molecule has 0 amide bonds. The molecule has 2 fully saturated rings. The third kappa shape index (κ3) is 1.80. The summed E-state index contributed by atoms with van der Waals surface area (Å²) in [6.07, 6.45) is 4.23. The average molecular weight is 204 g/mol. The summed E-state index contributed by atoms with van der Waals surface area (Å²) in [5.74, 6) is 0. The van der Waals surface area contributed by atoms with Gasteiger partial charge >= 0.3 is 0 Å². The standard InChI is InChI=1S/C13H16O2/c1-2-5-11(6-3-1)9-14-10-13-8-4-7-12(13)15-13/h1-3,5-6,12H,4,7-10H2/t12-,13-/m0/s1. The molecule has 1 aromatic carbocycles. The Kier molecular flexibility index (Phi) is 2.26. The van der Waals surface area contributed by atoms with Gasteiger partial charge in [-0.15, -0.1) is 0 Å². The number of fused-ring (bicyclic) bond motifs is 1. The summed E-state index contributed by atoms with van der Waals surface area (Å²) in [6, 6.07) is 10.3. The van der Waals surface area contributed by atoms with Crippen molar-refractivity contribution in [2.75, 3.05) is 6.61 Å². The second-order valence-electron chi connectivity index (χ2n) is 4.54. The fraction of sp³-hybridized carbons (Fsp3) is 0.538. The Morgan fingerprint density at radius 2 is 2.20 bits per heavy atom. The molecule has 0 aromatic heterocycles. The summed E-state index contributed by atoms with van der Waals surface area (Å²) in [4.78, 5) is 0. The van der Waals surface area contributed by atoms with Crippen LogP contribution in [0.2, 0.25) is 0 Å². The smallest absolute Gasteiger partial charge is 0.118 e. The highest BCUT2D eigenvalue weighted by Crippen LogP contribution is 2.49. The van der Waals surface area contributed by atoms with E-state index in [4.69, 9.17) is 9.47 Å². The van der Waals surface area contributed by atoms with Crippen LogP contribution in [0.5, 0.6) is 0 Å². The number of hydrogen-bond acceptors (Lipinski definition) is 2. The van der Waals surface area contributed by atoms with Crippen LogP contribution in [0.1, 0.15) is 24.8 Å². The lowest BCUT2D eigenvalue weighted by molar-refractivity contribution is 0.0634. The molecule has 2 heteroatoms. The first-order chi connectivity index (χ1) is 7.39. The molecule has 80 valence electrons. The Bertz CT molecular complexity index is 336. The molecule has 1 heterocycles. The number of hydrogen-bond donors (Lipinski definition) is 0. The van der Waals surface area contributed by atoms with Crippen molar-refractivity contribution in [3.8, 4) is 0 Å². The van der Waals surface area contributed by atoms with Crippen molar-refractivity contribution in [3.05, 3.63) is 35.9 Å². The van der Waals surface area contributed by atoms with Crippen molar-refractivity contribution in [2.45, 2.75) is 37.6 Å². The van der Waals surface area contributed by atoms with Crippen LogP contribution in [-0.4, -0.2) is 18.3 Å². The largest absolute Gasteiger partial charge is 0.374 e. The molecule has 0 spiro atoms. The highest BCUT2D eigenvalue weighted by atomic mass is 16.6. The number of ether oxygens (including phenoxy) is 2. The Morgan fingerprint density at radius 1 is 1.33 bits per heavy atom. The van der Waals surface area contributed by atoms with Crippen molar-refractivity contribution in [1.29, 1.82) is 0 Å². The first-order valence-electron chi connectivity index (χ1n) is 5.69. The molecule has 0 N–H and O–H groups in total. The van der Waals surface area contributed by atoms with E-state index in [1.807, 2.05) is 18.2 Å². The SMILES string of the molecule is c1ccc(COC[C@@]23CCC[C@@H]2O3)cc1. The molecule has 1 aliphatic carbocycles. The Labute approximate surface area is 90.2 Å². The van der Waals surface area contributed by atoms with Crippen LogP contribution in [0.15, 0.2) is 30.3 Å². The van der Waals surface area contributed by atoms with Gasteiger partial charge in [-0.3, -0.25) is 0 Å². The van der Waals surface area contributed by atoms with Crippen LogP contribution in [0.25, 0.3) is 0 Å². The summed E-state index contributed by atoms with van der Waals surface area (Å²) < 4.78 is 11.4. The quantitative estimate of drug-likeness (QED) is 0.703. The first-order valence-corrected chi connectivity index (χ1v) is 5.69. The molecule has 2 aliphatic rings. The third-order valence-electron chi connectivity index (χ3n) is 3.43. The second kappa shape index (κ2) is 3.62. The molecule has 15 heavy (non-hydrogen) atoms. The number of epoxide rings is 1. The highest BCUT2D eigenvalue weighted by molar-refractivity contribution is 5.13. The van der Waals surface area contributed by atoms with Gasteiger partial charge in [0.25, 0.3) is 0 Å². The maximum absolute atomic E-state index is 5.72. The van der Waals surface area contributed by atoms with Crippen LogP contribution >= 0.6 is 0 Å². The normalized spacial score (nSPS) is 32.7. The monoisotopic (exact) mass is 204 g/mol. The van der Waals surface area contributed by atoms with Crippen molar-refractivity contribution >= 4 is 0 Å². The zero-order valence-corrected chi connectivity index (χ0v) is 8.82. The first kappa shape index (κ1) is 9.37. The minimum Gasteiger partial charge on any atom is -0.374 e. The summed E-state index contributed by atoms with van der Waals surface area (Å²) in [7, 11) is 0. The van der Waals surface area contributed by atoms with Gasteiger partial charge in [-0.05, 0) is 24.8 Å². The van der Waals surface area contributed by atoms with E-state index in [0.717, 1.165) is 6.61 Å². The van der Waals surface area contributed by atoms with Gasteiger partial charge in [0.05, 0.1) is 19.3 Å². The molecule has 3 rings (SSSR count). The van der Waals surface area contributed by atoms with Gasteiger partial charge in [0, 0.05) is 0 Å². The molecule has 1 saturated heterocycles. The third-order valence-corrected chi connectivity index (χ3v) is 3.43. The van der Waals surface area contributed by atoms with Crippen LogP contribution in [0.3, 0.4) is 0 Å². The second-order valence-corrected chi connectivity index (χ2v) is 4.54. The van der Waals surface area contributed by atoms with Crippen molar-refractivity contribution in [2.24, 2.45) is 0 Å².